The summed E-state index contributed by atoms with van der Waals surface area (Å²) in [6, 6.07) is 12.6. The van der Waals surface area contributed by atoms with Crippen molar-refractivity contribution in [2.45, 2.75) is 47.1 Å². The Hall–Kier alpha value is -2.09. The first-order valence-electron chi connectivity index (χ1n) is 7.79. The van der Waals surface area contributed by atoms with E-state index in [0.29, 0.717) is 6.42 Å². The molecule has 0 spiro atoms. The molecule has 0 aromatic heterocycles. The Morgan fingerprint density at radius 1 is 0.955 bits per heavy atom. The SMILES string of the molecule is Cc1ccc(CC(=O)NC(C)c2ccc(C)cc2C)c(C)c1. The van der Waals surface area contributed by atoms with E-state index < -0.39 is 0 Å². The maximum atomic E-state index is 12.3. The van der Waals surface area contributed by atoms with Gasteiger partial charge in [-0.3, -0.25) is 4.79 Å². The van der Waals surface area contributed by atoms with E-state index in [0.717, 1.165) is 5.56 Å². The van der Waals surface area contributed by atoms with Gasteiger partial charge in [0.2, 0.25) is 5.91 Å². The van der Waals surface area contributed by atoms with Gasteiger partial charge in [-0.25, -0.2) is 0 Å². The fraction of sp³-hybridized carbons (Fsp3) is 0.350. The summed E-state index contributed by atoms with van der Waals surface area (Å²) in [5.41, 5.74) is 7.14. The first-order chi connectivity index (χ1) is 10.4. The molecule has 0 saturated heterocycles. The fourth-order valence-electron chi connectivity index (χ4n) is 2.90. The van der Waals surface area contributed by atoms with Crippen LogP contribution in [0.15, 0.2) is 36.4 Å². The second-order valence-corrected chi connectivity index (χ2v) is 6.26. The highest BCUT2D eigenvalue weighted by atomic mass is 16.1. The molecule has 0 bridgehead atoms. The normalized spacial score (nSPS) is 12.0. The molecule has 2 aromatic rings. The number of rotatable bonds is 4. The van der Waals surface area contributed by atoms with Crippen LogP contribution in [0.25, 0.3) is 0 Å². The van der Waals surface area contributed by atoms with Crippen molar-refractivity contribution < 1.29 is 4.79 Å². The number of amides is 1. The molecule has 1 amide bonds. The lowest BCUT2D eigenvalue weighted by atomic mass is 9.99. The average molecular weight is 295 g/mol. The van der Waals surface area contributed by atoms with Crippen LogP contribution in [-0.2, 0) is 11.2 Å². The quantitative estimate of drug-likeness (QED) is 0.893. The summed E-state index contributed by atoms with van der Waals surface area (Å²) in [7, 11) is 0. The van der Waals surface area contributed by atoms with Gasteiger partial charge in [0.1, 0.15) is 0 Å². The average Bonchev–Trinajstić information content (AvgIpc) is 2.41. The van der Waals surface area contributed by atoms with Gasteiger partial charge in [0.15, 0.2) is 0 Å². The van der Waals surface area contributed by atoms with E-state index in [9.17, 15) is 4.79 Å². The Labute approximate surface area is 133 Å². The fourth-order valence-corrected chi connectivity index (χ4v) is 2.90. The third-order valence-electron chi connectivity index (χ3n) is 4.12. The number of carbonyl (C=O) groups is 1. The molecule has 22 heavy (non-hydrogen) atoms. The van der Waals surface area contributed by atoms with Crippen molar-refractivity contribution in [2.75, 3.05) is 0 Å². The van der Waals surface area contributed by atoms with Crippen LogP contribution in [0.2, 0.25) is 0 Å². The largest absolute Gasteiger partial charge is 0.349 e. The second-order valence-electron chi connectivity index (χ2n) is 6.26. The van der Waals surface area contributed by atoms with Crippen molar-refractivity contribution in [3.05, 3.63) is 69.8 Å². The van der Waals surface area contributed by atoms with Crippen LogP contribution in [0.5, 0.6) is 0 Å². The Morgan fingerprint density at radius 2 is 1.55 bits per heavy atom. The van der Waals surface area contributed by atoms with Crippen LogP contribution < -0.4 is 5.32 Å². The Kier molecular flexibility index (Phi) is 5.02. The first-order valence-corrected chi connectivity index (χ1v) is 7.79. The molecule has 2 aromatic carbocycles. The van der Waals surface area contributed by atoms with E-state index >= 15 is 0 Å². The number of hydrogen-bond acceptors (Lipinski definition) is 1. The topological polar surface area (TPSA) is 29.1 Å². The summed E-state index contributed by atoms with van der Waals surface area (Å²) in [4.78, 5) is 12.3. The van der Waals surface area contributed by atoms with Crippen molar-refractivity contribution in [3.63, 3.8) is 0 Å². The highest BCUT2D eigenvalue weighted by Gasteiger charge is 2.13. The minimum Gasteiger partial charge on any atom is -0.349 e. The van der Waals surface area contributed by atoms with Gasteiger partial charge < -0.3 is 5.32 Å². The number of carbonyl (C=O) groups excluding carboxylic acids is 1. The summed E-state index contributed by atoms with van der Waals surface area (Å²) >= 11 is 0. The Morgan fingerprint density at radius 3 is 2.14 bits per heavy atom. The van der Waals surface area contributed by atoms with E-state index in [1.807, 2.05) is 13.0 Å². The third kappa shape index (κ3) is 3.97. The van der Waals surface area contributed by atoms with Crippen molar-refractivity contribution in [3.8, 4) is 0 Å². The van der Waals surface area contributed by atoms with Gasteiger partial charge in [0.25, 0.3) is 0 Å². The zero-order valence-electron chi connectivity index (χ0n) is 14.2. The summed E-state index contributed by atoms with van der Waals surface area (Å²) in [5.74, 6) is 0.0689. The number of benzene rings is 2. The molecule has 116 valence electrons. The molecule has 1 unspecified atom stereocenters. The highest BCUT2D eigenvalue weighted by Crippen LogP contribution is 2.19. The lowest BCUT2D eigenvalue weighted by Gasteiger charge is -2.17. The standard InChI is InChI=1S/C20H25NO/c1-13-6-8-18(15(3)10-13)12-20(22)21-17(5)19-9-7-14(2)11-16(19)4/h6-11,17H,12H2,1-5H3,(H,21,22). The monoisotopic (exact) mass is 295 g/mol. The molecule has 1 atom stereocenters. The maximum absolute atomic E-state index is 12.3. The smallest absolute Gasteiger partial charge is 0.224 e. The maximum Gasteiger partial charge on any atom is 0.224 e. The zero-order valence-corrected chi connectivity index (χ0v) is 14.2. The number of hydrogen-bond donors (Lipinski definition) is 1. The van der Waals surface area contributed by atoms with Crippen LogP contribution in [0.1, 0.15) is 46.3 Å². The van der Waals surface area contributed by atoms with Gasteiger partial charge in [-0.2, -0.15) is 0 Å². The summed E-state index contributed by atoms with van der Waals surface area (Å²) in [6.45, 7) is 10.3. The number of aryl methyl sites for hydroxylation is 4. The molecule has 2 rings (SSSR count). The second kappa shape index (κ2) is 6.78. The molecule has 0 radical (unpaired) electrons. The van der Waals surface area contributed by atoms with E-state index in [-0.39, 0.29) is 11.9 Å². The molecule has 0 aliphatic rings. The van der Waals surface area contributed by atoms with Crippen LogP contribution >= 0.6 is 0 Å². The predicted octanol–water partition coefficient (Wildman–Crippen LogP) is 4.34. The van der Waals surface area contributed by atoms with Crippen molar-refractivity contribution in [2.24, 2.45) is 0 Å². The Bertz CT molecular complexity index is 688. The van der Waals surface area contributed by atoms with Crippen LogP contribution in [-0.4, -0.2) is 5.91 Å². The van der Waals surface area contributed by atoms with E-state index in [1.54, 1.807) is 0 Å². The molecule has 0 saturated carbocycles. The van der Waals surface area contributed by atoms with Gasteiger partial charge in [-0.15, -0.1) is 0 Å². The summed E-state index contributed by atoms with van der Waals surface area (Å²) in [5, 5.41) is 3.11. The van der Waals surface area contributed by atoms with Gasteiger partial charge in [0.05, 0.1) is 12.5 Å². The van der Waals surface area contributed by atoms with E-state index in [4.69, 9.17) is 0 Å². The van der Waals surface area contributed by atoms with Gasteiger partial charge in [-0.1, -0.05) is 47.5 Å². The molecule has 2 nitrogen and oxygen atoms in total. The number of nitrogens with one attached hydrogen (secondary N) is 1. The van der Waals surface area contributed by atoms with Gasteiger partial charge in [-0.05, 0) is 56.9 Å². The third-order valence-corrected chi connectivity index (χ3v) is 4.12. The zero-order chi connectivity index (χ0) is 16.3. The van der Waals surface area contributed by atoms with Crippen LogP contribution in [0.3, 0.4) is 0 Å². The molecular formula is C20H25NO. The Balaban J connectivity index is 2.05. The molecule has 0 fully saturated rings. The molecule has 0 heterocycles. The minimum atomic E-state index is 0.0267. The van der Waals surface area contributed by atoms with Crippen molar-refractivity contribution >= 4 is 5.91 Å². The molecule has 0 aliphatic heterocycles. The summed E-state index contributed by atoms with van der Waals surface area (Å²) < 4.78 is 0. The van der Waals surface area contributed by atoms with E-state index in [2.05, 4.69) is 63.3 Å². The molecule has 2 heteroatoms. The van der Waals surface area contributed by atoms with Crippen LogP contribution in [0, 0.1) is 27.7 Å². The molecule has 0 aliphatic carbocycles. The van der Waals surface area contributed by atoms with Crippen molar-refractivity contribution in [1.82, 2.24) is 5.32 Å². The predicted molar refractivity (Wildman–Crippen MR) is 92.1 cm³/mol. The lowest BCUT2D eigenvalue weighted by molar-refractivity contribution is -0.121. The highest BCUT2D eigenvalue weighted by molar-refractivity contribution is 5.79. The van der Waals surface area contributed by atoms with Crippen LogP contribution in [0.4, 0.5) is 0 Å². The molecular weight excluding hydrogens is 270 g/mol. The van der Waals surface area contributed by atoms with E-state index in [1.165, 1.54) is 27.8 Å². The van der Waals surface area contributed by atoms with Gasteiger partial charge in [0, 0.05) is 0 Å². The minimum absolute atomic E-state index is 0.0267. The van der Waals surface area contributed by atoms with Gasteiger partial charge >= 0.3 is 0 Å². The van der Waals surface area contributed by atoms with Crippen molar-refractivity contribution in [1.29, 1.82) is 0 Å². The molecule has 1 N–H and O–H groups in total. The summed E-state index contributed by atoms with van der Waals surface area (Å²) in [6.07, 6.45) is 0.432. The first kappa shape index (κ1) is 16.3. The lowest BCUT2D eigenvalue weighted by Crippen LogP contribution is -2.28.